The predicted octanol–water partition coefficient (Wildman–Crippen LogP) is 1.82. The molecule has 2 atom stereocenters. The molecule has 0 spiro atoms. The third-order valence-electron chi connectivity index (χ3n) is 4.85. The van der Waals surface area contributed by atoms with Crippen LogP contribution in [0.25, 0.3) is 0 Å². The van der Waals surface area contributed by atoms with Crippen LogP contribution in [-0.2, 0) is 4.74 Å². The molecule has 0 aliphatic carbocycles. The lowest BCUT2D eigenvalue weighted by molar-refractivity contribution is -0.909. The van der Waals surface area contributed by atoms with E-state index in [4.69, 9.17) is 9.47 Å². The second-order valence-corrected chi connectivity index (χ2v) is 6.53. The number of aliphatic hydroxyl groups is 1. The minimum atomic E-state index is -0.534. The van der Waals surface area contributed by atoms with Crippen molar-refractivity contribution in [2.45, 2.75) is 18.9 Å². The highest BCUT2D eigenvalue weighted by atomic mass is 16.5. The summed E-state index contributed by atoms with van der Waals surface area (Å²) in [6.45, 7) is 7.13. The standard InChI is InChI=1S/C21H27NO3/c1-2-25-19-10-8-18(9-11-19)21(23)20(17-6-4-3-5-7-17)16-22-12-14-24-15-13-22/h3-11,20-21,23H,2,12-16H2,1H3/p+1/t20-,21+/m1/s1. The minimum absolute atomic E-state index is 0.0623. The Morgan fingerprint density at radius 1 is 1.00 bits per heavy atom. The first-order valence-corrected chi connectivity index (χ1v) is 9.15. The third kappa shape index (κ3) is 4.82. The Bertz CT molecular complexity index is 623. The Hall–Kier alpha value is -1.88. The number of nitrogens with one attached hydrogen (secondary N) is 1. The van der Waals surface area contributed by atoms with Crippen LogP contribution in [0.2, 0.25) is 0 Å². The predicted molar refractivity (Wildman–Crippen MR) is 98.1 cm³/mol. The van der Waals surface area contributed by atoms with Crippen LogP contribution in [0.3, 0.4) is 0 Å². The number of ether oxygens (including phenoxy) is 2. The fourth-order valence-corrected chi connectivity index (χ4v) is 3.45. The van der Waals surface area contributed by atoms with Gasteiger partial charge in [0, 0.05) is 0 Å². The normalized spacial score (nSPS) is 17.8. The topological polar surface area (TPSA) is 43.1 Å². The van der Waals surface area contributed by atoms with Gasteiger partial charge in [-0.05, 0) is 30.2 Å². The molecule has 0 radical (unpaired) electrons. The van der Waals surface area contributed by atoms with Crippen molar-refractivity contribution < 1.29 is 19.5 Å². The molecule has 3 rings (SSSR count). The molecule has 0 bridgehead atoms. The van der Waals surface area contributed by atoms with Crippen molar-refractivity contribution in [1.82, 2.24) is 0 Å². The Labute approximate surface area is 150 Å². The summed E-state index contributed by atoms with van der Waals surface area (Å²) in [7, 11) is 0. The van der Waals surface area contributed by atoms with Gasteiger partial charge in [0.25, 0.3) is 0 Å². The Balaban J connectivity index is 1.79. The summed E-state index contributed by atoms with van der Waals surface area (Å²) in [5, 5.41) is 11.1. The molecule has 1 heterocycles. The van der Waals surface area contributed by atoms with Crippen LogP contribution in [-0.4, -0.2) is 44.6 Å². The molecule has 4 nitrogen and oxygen atoms in total. The molecule has 1 fully saturated rings. The zero-order chi connectivity index (χ0) is 17.5. The quantitative estimate of drug-likeness (QED) is 0.807. The van der Waals surface area contributed by atoms with E-state index < -0.39 is 6.10 Å². The summed E-state index contributed by atoms with van der Waals surface area (Å²) in [6, 6.07) is 18.2. The molecular formula is C21H28NO3+. The van der Waals surface area contributed by atoms with Gasteiger partial charge in [0.05, 0.1) is 38.4 Å². The van der Waals surface area contributed by atoms with Gasteiger partial charge in [-0.3, -0.25) is 0 Å². The number of rotatable bonds is 7. The van der Waals surface area contributed by atoms with Gasteiger partial charge in [0.15, 0.2) is 0 Å². The van der Waals surface area contributed by atoms with Gasteiger partial charge in [0.1, 0.15) is 18.8 Å². The van der Waals surface area contributed by atoms with Crippen LogP contribution < -0.4 is 9.64 Å². The zero-order valence-electron chi connectivity index (χ0n) is 14.9. The van der Waals surface area contributed by atoms with Crippen molar-refractivity contribution in [2.75, 3.05) is 39.5 Å². The molecular weight excluding hydrogens is 314 g/mol. The average molecular weight is 342 g/mol. The van der Waals surface area contributed by atoms with Crippen LogP contribution >= 0.6 is 0 Å². The number of hydrogen-bond acceptors (Lipinski definition) is 3. The molecule has 4 heteroatoms. The molecule has 134 valence electrons. The average Bonchev–Trinajstić information content (AvgIpc) is 2.68. The van der Waals surface area contributed by atoms with E-state index in [-0.39, 0.29) is 5.92 Å². The van der Waals surface area contributed by atoms with Crippen molar-refractivity contribution in [1.29, 1.82) is 0 Å². The van der Waals surface area contributed by atoms with Crippen LogP contribution in [0.15, 0.2) is 54.6 Å². The summed E-state index contributed by atoms with van der Waals surface area (Å²) in [5.74, 6) is 0.903. The maximum absolute atomic E-state index is 11.1. The van der Waals surface area contributed by atoms with E-state index in [1.54, 1.807) is 0 Å². The smallest absolute Gasteiger partial charge is 0.119 e. The van der Waals surface area contributed by atoms with E-state index in [9.17, 15) is 5.11 Å². The van der Waals surface area contributed by atoms with Gasteiger partial charge in [0.2, 0.25) is 0 Å². The molecule has 2 aromatic rings. The van der Waals surface area contributed by atoms with Crippen molar-refractivity contribution in [3.05, 3.63) is 65.7 Å². The van der Waals surface area contributed by atoms with E-state index >= 15 is 0 Å². The second kappa shape index (κ2) is 8.99. The highest BCUT2D eigenvalue weighted by Crippen LogP contribution is 2.31. The minimum Gasteiger partial charge on any atom is -0.494 e. The van der Waals surface area contributed by atoms with Crippen molar-refractivity contribution in [3.8, 4) is 5.75 Å². The van der Waals surface area contributed by atoms with Gasteiger partial charge in [-0.15, -0.1) is 0 Å². The maximum atomic E-state index is 11.1. The van der Waals surface area contributed by atoms with Crippen LogP contribution in [0, 0.1) is 0 Å². The van der Waals surface area contributed by atoms with Crippen LogP contribution in [0.1, 0.15) is 30.1 Å². The zero-order valence-corrected chi connectivity index (χ0v) is 14.9. The molecule has 1 saturated heterocycles. The van der Waals surface area contributed by atoms with Gasteiger partial charge in [-0.1, -0.05) is 42.5 Å². The van der Waals surface area contributed by atoms with E-state index in [1.165, 1.54) is 10.5 Å². The number of aliphatic hydroxyl groups excluding tert-OH is 1. The first kappa shape index (κ1) is 17.9. The van der Waals surface area contributed by atoms with Crippen molar-refractivity contribution >= 4 is 0 Å². The lowest BCUT2D eigenvalue weighted by atomic mass is 9.88. The van der Waals surface area contributed by atoms with Gasteiger partial charge >= 0.3 is 0 Å². The maximum Gasteiger partial charge on any atom is 0.119 e. The molecule has 1 aliphatic heterocycles. The first-order chi connectivity index (χ1) is 12.3. The highest BCUT2D eigenvalue weighted by Gasteiger charge is 2.28. The third-order valence-corrected chi connectivity index (χ3v) is 4.85. The van der Waals surface area contributed by atoms with E-state index in [2.05, 4.69) is 12.1 Å². The summed E-state index contributed by atoms with van der Waals surface area (Å²) in [5.41, 5.74) is 2.12. The molecule has 2 N–H and O–H groups in total. The molecule has 1 aliphatic rings. The summed E-state index contributed by atoms with van der Waals surface area (Å²) < 4.78 is 11.0. The largest absolute Gasteiger partial charge is 0.494 e. The van der Waals surface area contributed by atoms with E-state index in [1.807, 2.05) is 49.4 Å². The monoisotopic (exact) mass is 342 g/mol. The summed E-state index contributed by atoms with van der Waals surface area (Å²) in [6.07, 6.45) is -0.534. The van der Waals surface area contributed by atoms with Crippen LogP contribution in [0.5, 0.6) is 5.75 Å². The van der Waals surface area contributed by atoms with E-state index in [0.29, 0.717) is 6.61 Å². The number of benzene rings is 2. The molecule has 0 aromatic heterocycles. The van der Waals surface area contributed by atoms with Crippen molar-refractivity contribution in [3.63, 3.8) is 0 Å². The second-order valence-electron chi connectivity index (χ2n) is 6.53. The molecule has 0 amide bonds. The Morgan fingerprint density at radius 2 is 1.68 bits per heavy atom. The van der Waals surface area contributed by atoms with Gasteiger partial charge in [-0.2, -0.15) is 0 Å². The van der Waals surface area contributed by atoms with Crippen molar-refractivity contribution in [2.24, 2.45) is 0 Å². The molecule has 25 heavy (non-hydrogen) atoms. The summed E-state index contributed by atoms with van der Waals surface area (Å²) >= 11 is 0. The van der Waals surface area contributed by atoms with Crippen LogP contribution in [0.4, 0.5) is 0 Å². The number of morpholine rings is 1. The Morgan fingerprint density at radius 3 is 2.32 bits per heavy atom. The molecule has 2 aromatic carbocycles. The fourth-order valence-electron chi connectivity index (χ4n) is 3.45. The highest BCUT2D eigenvalue weighted by molar-refractivity contribution is 5.31. The summed E-state index contributed by atoms with van der Waals surface area (Å²) in [4.78, 5) is 1.49. The van der Waals surface area contributed by atoms with Gasteiger partial charge < -0.3 is 19.5 Å². The molecule has 0 unspecified atom stereocenters. The SMILES string of the molecule is CCOc1ccc([C@H](O)[C@H](C[NH+]2CCOCC2)c2ccccc2)cc1. The Kier molecular flexibility index (Phi) is 6.45. The van der Waals surface area contributed by atoms with E-state index in [0.717, 1.165) is 44.2 Å². The lowest BCUT2D eigenvalue weighted by Crippen LogP contribution is -3.14. The lowest BCUT2D eigenvalue weighted by Gasteiger charge is -2.30. The molecule has 0 saturated carbocycles. The number of hydrogen-bond donors (Lipinski definition) is 2. The number of quaternary nitrogens is 1. The van der Waals surface area contributed by atoms with Gasteiger partial charge in [-0.25, -0.2) is 0 Å². The fraction of sp³-hybridized carbons (Fsp3) is 0.429. The first-order valence-electron chi connectivity index (χ1n) is 9.15.